The maximum atomic E-state index is 17.2. The van der Waals surface area contributed by atoms with Gasteiger partial charge in [-0.3, -0.25) is 0 Å². The molecule has 12 rings (SSSR count). The molecule has 0 saturated carbocycles. The van der Waals surface area contributed by atoms with Gasteiger partial charge in [0, 0.05) is 21.5 Å². The van der Waals surface area contributed by atoms with Gasteiger partial charge in [0.2, 0.25) is 0 Å². The zero-order valence-corrected chi connectivity index (χ0v) is 48.9. The molecule has 100 heavy (non-hydrogen) atoms. The Morgan fingerprint density at radius 2 is 0.510 bits per heavy atom. The molecule has 0 saturated heterocycles. The summed E-state index contributed by atoms with van der Waals surface area (Å²) in [6.07, 6.45) is -49.7. The molecule has 3 nitrogen and oxygen atoms in total. The van der Waals surface area contributed by atoms with Crippen LogP contribution in [0.1, 0.15) is 55.6 Å². The lowest BCUT2D eigenvalue weighted by molar-refractivity contribution is -0.144. The van der Waals surface area contributed by atoms with Crippen LogP contribution in [0.5, 0.6) is 0 Å². The van der Waals surface area contributed by atoms with Crippen LogP contribution >= 0.6 is 0 Å². The Hall–Kier alpha value is -10.6. The van der Waals surface area contributed by atoms with Crippen LogP contribution in [0.4, 0.5) is 119 Å². The third-order valence-electron chi connectivity index (χ3n) is 16.6. The van der Waals surface area contributed by atoms with Crippen molar-refractivity contribution in [1.82, 2.24) is 9.13 Å². The fourth-order valence-corrected chi connectivity index (χ4v) is 12.3. The number of halogens is 27. The SMILES string of the molecule is N#Cc1cccc(-c2cc(-n3c4ccc(-c5ccc(C(F)(F)F)cc5C(F)(F)F)cc4c4cc(-c5ccc(C(F)(F)F)cc5C(F)(F)F)ccc43)c(C(F)(F)F)c(-n3c4ccc(-c5ccc(C(F)(F)F)cc5C(F)(F)F)cc4c4cc(-c5ccc(C(F)(F)F)cc5C(F)(F)F)ccc43)c2)c1. The summed E-state index contributed by atoms with van der Waals surface area (Å²) < 4.78 is 400. The lowest BCUT2D eigenvalue weighted by Gasteiger charge is -2.23. The molecule has 12 aromatic rings. The summed E-state index contributed by atoms with van der Waals surface area (Å²) in [5.41, 5.74) is -28.1. The smallest absolute Gasteiger partial charge is 0.309 e. The number of nitrogens with zero attached hydrogens (tertiary/aromatic N) is 3. The number of rotatable bonds is 7. The van der Waals surface area contributed by atoms with Gasteiger partial charge < -0.3 is 9.13 Å². The molecule has 2 heterocycles. The highest BCUT2D eigenvalue weighted by molar-refractivity contribution is 6.14. The van der Waals surface area contributed by atoms with Crippen molar-refractivity contribution in [2.24, 2.45) is 0 Å². The Kier molecular flexibility index (Phi) is 16.1. The highest BCUT2D eigenvalue weighted by Crippen LogP contribution is 2.52. The Morgan fingerprint density at radius 3 is 0.740 bits per heavy atom. The van der Waals surface area contributed by atoms with Gasteiger partial charge in [-0.15, -0.1) is 0 Å². The summed E-state index contributed by atoms with van der Waals surface area (Å²) in [7, 11) is 0. The first-order valence-electron chi connectivity index (χ1n) is 28.3. The van der Waals surface area contributed by atoms with Crippen molar-refractivity contribution in [3.63, 3.8) is 0 Å². The van der Waals surface area contributed by atoms with E-state index in [2.05, 4.69) is 0 Å². The number of alkyl halides is 27. The van der Waals surface area contributed by atoms with Crippen molar-refractivity contribution >= 4 is 43.6 Å². The molecule has 2 aromatic heterocycles. The maximum Gasteiger partial charge on any atom is 0.420 e. The first-order chi connectivity index (χ1) is 46.2. The number of hydrogen-bond donors (Lipinski definition) is 0. The van der Waals surface area contributed by atoms with Crippen molar-refractivity contribution < 1.29 is 119 Å². The molecule has 0 N–H and O–H groups in total. The average Bonchev–Trinajstić information content (AvgIpc) is 1.54. The summed E-state index contributed by atoms with van der Waals surface area (Å²) in [5.74, 6) is 0. The van der Waals surface area contributed by atoms with Gasteiger partial charge in [-0.05, 0) is 177 Å². The van der Waals surface area contributed by atoms with Crippen LogP contribution in [0.15, 0.2) is 182 Å². The first kappa shape index (κ1) is 69.3. The number of nitriles is 1. The third-order valence-corrected chi connectivity index (χ3v) is 16.6. The second-order valence-electron chi connectivity index (χ2n) is 22.7. The molecule has 0 atom stereocenters. The van der Waals surface area contributed by atoms with Crippen LogP contribution in [-0.4, -0.2) is 9.13 Å². The molecule has 0 radical (unpaired) electrons. The zero-order chi connectivity index (χ0) is 72.9. The quantitative estimate of drug-likeness (QED) is 0.146. The minimum Gasteiger partial charge on any atom is -0.309 e. The second kappa shape index (κ2) is 23.3. The van der Waals surface area contributed by atoms with E-state index in [0.29, 0.717) is 24.3 Å². The number of benzene rings is 10. The minimum atomic E-state index is -5.79. The molecular weight excluding hydrogens is 1400 g/mol. The van der Waals surface area contributed by atoms with Crippen molar-refractivity contribution in [2.45, 2.75) is 55.6 Å². The van der Waals surface area contributed by atoms with Gasteiger partial charge >= 0.3 is 55.6 Å². The van der Waals surface area contributed by atoms with Gasteiger partial charge in [0.1, 0.15) is 5.56 Å². The van der Waals surface area contributed by atoms with Crippen LogP contribution in [0.3, 0.4) is 0 Å². The Bertz CT molecular complexity index is 4800. The summed E-state index contributed by atoms with van der Waals surface area (Å²) in [5, 5.41) is 8.03. The fraction of sp³-hybridized carbons (Fsp3) is 0.129. The lowest BCUT2D eigenvalue weighted by Crippen LogP contribution is -2.16. The van der Waals surface area contributed by atoms with Crippen LogP contribution in [-0.2, 0) is 55.6 Å². The van der Waals surface area contributed by atoms with E-state index in [9.17, 15) is 111 Å². The van der Waals surface area contributed by atoms with E-state index >= 15 is 13.2 Å². The number of aromatic nitrogens is 2. The molecule has 514 valence electrons. The van der Waals surface area contributed by atoms with Gasteiger partial charge in [0.15, 0.2) is 0 Å². The van der Waals surface area contributed by atoms with E-state index in [4.69, 9.17) is 0 Å². The van der Waals surface area contributed by atoms with Gasteiger partial charge in [0.05, 0.1) is 89.6 Å². The second-order valence-corrected chi connectivity index (χ2v) is 22.7. The third kappa shape index (κ3) is 12.6. The van der Waals surface area contributed by atoms with E-state index in [1.54, 1.807) is 0 Å². The molecule has 0 unspecified atom stereocenters. The topological polar surface area (TPSA) is 33.6 Å². The van der Waals surface area contributed by atoms with Crippen molar-refractivity contribution in [3.8, 4) is 73.1 Å². The first-order valence-corrected chi connectivity index (χ1v) is 28.3. The van der Waals surface area contributed by atoms with E-state index in [1.165, 1.54) is 18.2 Å². The summed E-state index contributed by atoms with van der Waals surface area (Å²) in [4.78, 5) is 0. The highest BCUT2D eigenvalue weighted by Gasteiger charge is 2.45. The van der Waals surface area contributed by atoms with Crippen LogP contribution in [0, 0.1) is 11.3 Å². The summed E-state index contributed by atoms with van der Waals surface area (Å²) >= 11 is 0. The molecule has 0 bridgehead atoms. The highest BCUT2D eigenvalue weighted by atomic mass is 19.4. The van der Waals surface area contributed by atoms with E-state index in [-0.39, 0.29) is 65.2 Å². The monoisotopic (exact) mass is 1430 g/mol. The predicted molar refractivity (Wildman–Crippen MR) is 312 cm³/mol. The standard InChI is InChI=1S/C70H30F27N3/c71-62(72,73)39-8-12-43(51(27-39)66(83,84)85)34-4-16-55-47(21-34)48-22-35(44-13-9-40(63(74,75)76)28-52(44)67(86,87)88)5-17-56(48)99(55)59-25-38(33-3-1-2-32(20-33)31-98)26-60(61(59)70(95,96)97)100-57-18-6-36(45-14-10-41(64(77,78)79)29-53(45)68(89,90)91)23-49(57)50-24-37(7-19-58(50)100)46-15-11-42(65(80,81)82)30-54(46)69(92,93)94/h1-30H. The molecule has 0 aliphatic rings. The molecule has 0 aliphatic heterocycles. The minimum absolute atomic E-state index is 0.126. The summed E-state index contributed by atoms with van der Waals surface area (Å²) in [6, 6.07) is 19.9. The lowest BCUT2D eigenvalue weighted by atomic mass is 9.94. The molecular formula is C70H30F27N3. The van der Waals surface area contributed by atoms with Gasteiger partial charge in [-0.25, -0.2) is 0 Å². The van der Waals surface area contributed by atoms with E-state index in [0.717, 1.165) is 100 Å². The normalized spacial score (nSPS) is 13.3. The van der Waals surface area contributed by atoms with Crippen molar-refractivity contribution in [3.05, 3.63) is 238 Å². The van der Waals surface area contributed by atoms with E-state index in [1.807, 2.05) is 6.07 Å². The largest absolute Gasteiger partial charge is 0.420 e. The number of hydrogen-bond acceptors (Lipinski definition) is 1. The number of fused-ring (bicyclic) bond motifs is 6. The Balaban J connectivity index is 1.23. The van der Waals surface area contributed by atoms with Crippen molar-refractivity contribution in [2.75, 3.05) is 0 Å². The Labute approximate surface area is 541 Å². The fourth-order valence-electron chi connectivity index (χ4n) is 12.3. The molecule has 0 amide bonds. The molecule has 30 heteroatoms. The molecule has 0 aliphatic carbocycles. The zero-order valence-electron chi connectivity index (χ0n) is 48.9. The van der Waals surface area contributed by atoms with Gasteiger partial charge in [-0.1, -0.05) is 60.7 Å². The predicted octanol–water partition coefficient (Wildman–Crippen LogP) is 25.3. The van der Waals surface area contributed by atoms with Crippen molar-refractivity contribution in [1.29, 1.82) is 5.26 Å². The Morgan fingerprint density at radius 1 is 0.240 bits per heavy atom. The van der Waals surface area contributed by atoms with Gasteiger partial charge in [-0.2, -0.15) is 124 Å². The van der Waals surface area contributed by atoms with Crippen LogP contribution in [0.25, 0.3) is 111 Å². The molecule has 0 spiro atoms. The molecule has 10 aromatic carbocycles. The van der Waals surface area contributed by atoms with Crippen LogP contribution in [0.2, 0.25) is 0 Å². The molecule has 0 fully saturated rings. The van der Waals surface area contributed by atoms with Crippen LogP contribution < -0.4 is 0 Å². The van der Waals surface area contributed by atoms with E-state index < -0.39 is 205 Å². The van der Waals surface area contributed by atoms with Gasteiger partial charge in [0.25, 0.3) is 0 Å². The average molecular weight is 1430 g/mol. The summed E-state index contributed by atoms with van der Waals surface area (Å²) in [6.45, 7) is 0. The maximum absolute atomic E-state index is 17.2.